The van der Waals surface area contributed by atoms with Crippen LogP contribution in [0.1, 0.15) is 36.1 Å². The molecule has 202 valence electrons. The maximum Gasteiger partial charge on any atom is 0.263 e. The Labute approximate surface area is 227 Å². The summed E-state index contributed by atoms with van der Waals surface area (Å²) < 4.78 is 5.26. The number of benzodiazepines with no additional fused rings is 1. The molecule has 2 aliphatic rings. The predicted octanol–water partition coefficient (Wildman–Crippen LogP) is 2.79. The molecule has 2 aromatic carbocycles. The molecule has 6 N–H and O–H groups in total. The van der Waals surface area contributed by atoms with Gasteiger partial charge in [-0.3, -0.25) is 15.2 Å². The first-order valence-electron chi connectivity index (χ1n) is 12.5. The number of nitriles is 1. The van der Waals surface area contributed by atoms with E-state index >= 15 is 0 Å². The molecule has 3 aromatic rings. The topological polar surface area (TPSA) is 176 Å². The van der Waals surface area contributed by atoms with E-state index in [9.17, 15) is 4.79 Å². The molecular formula is C28H32N8O3. The third kappa shape index (κ3) is 7.24. The van der Waals surface area contributed by atoms with Gasteiger partial charge in [-0.25, -0.2) is 4.98 Å². The zero-order chi connectivity index (χ0) is 28.2. The van der Waals surface area contributed by atoms with Gasteiger partial charge in [0, 0.05) is 30.4 Å². The Hall–Kier alpha value is -4.63. The molecule has 0 bridgehead atoms. The molecule has 1 atom stereocenters. The Kier molecular flexibility index (Phi) is 10.6. The summed E-state index contributed by atoms with van der Waals surface area (Å²) in [4.78, 5) is 26.8. The summed E-state index contributed by atoms with van der Waals surface area (Å²) in [5, 5.41) is 19.3. The summed E-state index contributed by atoms with van der Waals surface area (Å²) in [6, 6.07) is 20.8. The van der Waals surface area contributed by atoms with Crippen LogP contribution < -0.4 is 21.8 Å². The van der Waals surface area contributed by atoms with Gasteiger partial charge in [0.25, 0.3) is 5.91 Å². The average molecular weight is 529 g/mol. The number of aliphatic imine (C=N–C) groups is 1. The molecule has 1 saturated heterocycles. The van der Waals surface area contributed by atoms with Crippen molar-refractivity contribution in [1.29, 1.82) is 10.7 Å². The van der Waals surface area contributed by atoms with Gasteiger partial charge in [0.2, 0.25) is 5.90 Å². The van der Waals surface area contributed by atoms with Crippen molar-refractivity contribution < 1.29 is 14.4 Å². The van der Waals surface area contributed by atoms with E-state index in [1.807, 2.05) is 79.4 Å². The number of nitrogens with zero attached hydrogens (tertiary/aromatic N) is 4. The minimum Gasteiger partial charge on any atom is -0.391 e. The number of amides is 1. The number of nitrogens with two attached hydrogens (primary N) is 2. The molecule has 11 heteroatoms. The summed E-state index contributed by atoms with van der Waals surface area (Å²) in [6.45, 7) is 6.59. The van der Waals surface area contributed by atoms with E-state index in [0.29, 0.717) is 43.2 Å². The summed E-state index contributed by atoms with van der Waals surface area (Å²) in [5.41, 5.74) is 9.87. The SMILES string of the molecule is CC.N#Cc1cnc(N2CCOCC2)c(C(=N)ON)c1.NC1N=C(c2ccccc2)c2ccccc2NC1=O. The van der Waals surface area contributed by atoms with Crippen molar-refractivity contribution in [1.82, 2.24) is 4.98 Å². The van der Waals surface area contributed by atoms with Gasteiger partial charge in [-0.1, -0.05) is 62.4 Å². The molecule has 0 saturated carbocycles. The van der Waals surface area contributed by atoms with Gasteiger partial charge in [0.05, 0.1) is 35.7 Å². The first-order valence-corrected chi connectivity index (χ1v) is 12.5. The molecular weight excluding hydrogens is 496 g/mol. The molecule has 2 aliphatic heterocycles. The number of rotatable bonds is 3. The number of pyridine rings is 1. The van der Waals surface area contributed by atoms with Crippen LogP contribution in [0.15, 0.2) is 71.9 Å². The number of para-hydroxylation sites is 1. The minimum atomic E-state index is -0.886. The molecule has 0 radical (unpaired) electrons. The lowest BCUT2D eigenvalue weighted by Crippen LogP contribution is -2.38. The Morgan fingerprint density at radius 3 is 2.49 bits per heavy atom. The molecule has 0 spiro atoms. The zero-order valence-corrected chi connectivity index (χ0v) is 21.9. The fourth-order valence-corrected chi connectivity index (χ4v) is 3.88. The minimum absolute atomic E-state index is 0.207. The monoisotopic (exact) mass is 528 g/mol. The highest BCUT2D eigenvalue weighted by Gasteiger charge is 2.22. The maximum absolute atomic E-state index is 11.8. The van der Waals surface area contributed by atoms with Crippen molar-refractivity contribution in [3.63, 3.8) is 0 Å². The van der Waals surface area contributed by atoms with Gasteiger partial charge in [-0.15, -0.1) is 0 Å². The van der Waals surface area contributed by atoms with E-state index in [1.54, 1.807) is 6.07 Å². The largest absolute Gasteiger partial charge is 0.391 e. The van der Waals surface area contributed by atoms with E-state index in [-0.39, 0.29) is 11.8 Å². The number of aromatic nitrogens is 1. The number of fused-ring (bicyclic) bond motifs is 1. The van der Waals surface area contributed by atoms with E-state index in [1.165, 1.54) is 6.20 Å². The van der Waals surface area contributed by atoms with E-state index in [2.05, 4.69) is 20.1 Å². The van der Waals surface area contributed by atoms with Crippen molar-refractivity contribution in [2.45, 2.75) is 20.0 Å². The van der Waals surface area contributed by atoms with Crippen LogP contribution >= 0.6 is 0 Å². The summed E-state index contributed by atoms with van der Waals surface area (Å²) >= 11 is 0. The average Bonchev–Trinajstić information content (AvgIpc) is 3.14. The smallest absolute Gasteiger partial charge is 0.263 e. The molecule has 1 unspecified atom stereocenters. The summed E-state index contributed by atoms with van der Waals surface area (Å²) in [5.74, 6) is 5.11. The number of hydrogen-bond donors (Lipinski definition) is 4. The highest BCUT2D eigenvalue weighted by atomic mass is 16.6. The van der Waals surface area contributed by atoms with Crippen molar-refractivity contribution in [3.05, 3.63) is 89.1 Å². The standard InChI is InChI=1S/C15H13N3O.C11H13N5O2.C2H6/c16-14-15(19)17-12-9-5-4-8-11(12)13(18-14)10-6-2-1-3-7-10;12-6-8-5-9(10(13)18-14)11(15-7-8)16-1-3-17-4-2-16;1-2/h1-9,14H,16H2,(H,17,19);5,7,13H,1-4,14H2;1-2H3. The normalized spacial score (nSPS) is 15.9. The summed E-state index contributed by atoms with van der Waals surface area (Å²) in [7, 11) is 0. The van der Waals surface area contributed by atoms with Crippen molar-refractivity contribution in [2.24, 2.45) is 16.6 Å². The molecule has 1 amide bonds. The zero-order valence-electron chi connectivity index (χ0n) is 21.9. The summed E-state index contributed by atoms with van der Waals surface area (Å²) in [6.07, 6.45) is 0.584. The van der Waals surface area contributed by atoms with E-state index in [0.717, 1.165) is 22.5 Å². The number of anilines is 2. The second kappa shape index (κ2) is 14.3. The number of hydrogen-bond acceptors (Lipinski definition) is 10. The van der Waals surface area contributed by atoms with Crippen LogP contribution in [0, 0.1) is 16.7 Å². The first-order chi connectivity index (χ1) is 19.0. The molecule has 1 fully saturated rings. The van der Waals surface area contributed by atoms with Gasteiger partial charge in [0.15, 0.2) is 6.17 Å². The van der Waals surface area contributed by atoms with E-state index in [4.69, 9.17) is 27.0 Å². The molecule has 11 nitrogen and oxygen atoms in total. The Bertz CT molecular complexity index is 1350. The number of ether oxygens (including phenoxy) is 1. The fraction of sp³-hybridized carbons (Fsp3) is 0.250. The highest BCUT2D eigenvalue weighted by molar-refractivity contribution is 6.19. The second-order valence-electron chi connectivity index (χ2n) is 8.08. The molecule has 1 aromatic heterocycles. The number of carbonyl (C=O) groups is 1. The Morgan fingerprint density at radius 1 is 1.15 bits per heavy atom. The second-order valence-corrected chi connectivity index (χ2v) is 8.08. The Morgan fingerprint density at radius 2 is 1.82 bits per heavy atom. The highest BCUT2D eigenvalue weighted by Crippen LogP contribution is 2.23. The van der Waals surface area contributed by atoms with Crippen LogP contribution in [-0.4, -0.2) is 55.0 Å². The van der Waals surface area contributed by atoms with Gasteiger partial charge >= 0.3 is 0 Å². The van der Waals surface area contributed by atoms with Crippen LogP contribution in [0.4, 0.5) is 11.5 Å². The van der Waals surface area contributed by atoms with Crippen LogP contribution in [0.2, 0.25) is 0 Å². The van der Waals surface area contributed by atoms with Gasteiger partial charge in [0.1, 0.15) is 11.9 Å². The number of morpholine rings is 1. The number of benzene rings is 2. The van der Waals surface area contributed by atoms with Gasteiger partial charge < -0.3 is 25.5 Å². The third-order valence-corrected chi connectivity index (χ3v) is 5.69. The van der Waals surface area contributed by atoms with Crippen molar-refractivity contribution in [2.75, 3.05) is 36.5 Å². The Balaban J connectivity index is 0.000000203. The van der Waals surface area contributed by atoms with Gasteiger partial charge in [-0.2, -0.15) is 11.2 Å². The lowest BCUT2D eigenvalue weighted by Gasteiger charge is -2.29. The quantitative estimate of drug-likeness (QED) is 0.228. The van der Waals surface area contributed by atoms with Gasteiger partial charge in [-0.05, 0) is 12.1 Å². The van der Waals surface area contributed by atoms with Crippen LogP contribution in [0.25, 0.3) is 0 Å². The fourth-order valence-electron chi connectivity index (χ4n) is 3.88. The lowest BCUT2D eigenvalue weighted by atomic mass is 10.0. The van der Waals surface area contributed by atoms with Crippen LogP contribution in [0.3, 0.4) is 0 Å². The van der Waals surface area contributed by atoms with E-state index < -0.39 is 6.17 Å². The predicted molar refractivity (Wildman–Crippen MR) is 151 cm³/mol. The lowest BCUT2D eigenvalue weighted by molar-refractivity contribution is -0.117. The third-order valence-electron chi connectivity index (χ3n) is 5.69. The maximum atomic E-state index is 11.8. The molecule has 39 heavy (non-hydrogen) atoms. The van der Waals surface area contributed by atoms with Crippen LogP contribution in [0.5, 0.6) is 0 Å². The number of nitrogens with one attached hydrogen (secondary N) is 2. The number of carbonyl (C=O) groups excluding carboxylic acids is 1. The van der Waals surface area contributed by atoms with Crippen LogP contribution in [-0.2, 0) is 14.4 Å². The molecule has 5 rings (SSSR count). The molecule has 3 heterocycles. The molecule has 0 aliphatic carbocycles. The van der Waals surface area contributed by atoms with Crippen molar-refractivity contribution >= 4 is 29.0 Å². The van der Waals surface area contributed by atoms with Crippen molar-refractivity contribution in [3.8, 4) is 6.07 Å². The first kappa shape index (κ1) is 28.9.